The summed E-state index contributed by atoms with van der Waals surface area (Å²) in [7, 11) is 0. The molecule has 9 nitrogen and oxygen atoms in total. The zero-order valence-corrected chi connectivity index (χ0v) is 16.5. The second-order valence-corrected chi connectivity index (χ2v) is 7.22. The van der Waals surface area contributed by atoms with Gasteiger partial charge in [-0.15, -0.1) is 0 Å². The number of nitrogens with zero attached hydrogens (tertiary/aromatic N) is 4. The number of benzene rings is 2. The number of carbonyl (C=O) groups excluding carboxylic acids is 2. The summed E-state index contributed by atoms with van der Waals surface area (Å²) in [6, 6.07) is 10.3. The summed E-state index contributed by atoms with van der Waals surface area (Å²) in [5.41, 5.74) is -1.65. The van der Waals surface area contributed by atoms with Gasteiger partial charge in [0.1, 0.15) is 6.54 Å². The Morgan fingerprint density at radius 3 is 2.38 bits per heavy atom. The molecule has 1 fully saturated rings. The Kier molecular flexibility index (Phi) is 5.51. The third kappa shape index (κ3) is 4.68. The lowest BCUT2D eigenvalue weighted by atomic mass is 10.1. The number of anilines is 1. The molecule has 12 heteroatoms. The molecule has 4 rings (SSSR count). The van der Waals surface area contributed by atoms with E-state index in [1.807, 2.05) is 0 Å². The average Bonchev–Trinajstić information content (AvgIpc) is 3.50. The predicted molar refractivity (Wildman–Crippen MR) is 106 cm³/mol. The van der Waals surface area contributed by atoms with Crippen molar-refractivity contribution in [2.24, 2.45) is 0 Å². The number of halogens is 3. The normalized spacial score (nSPS) is 13.6. The van der Waals surface area contributed by atoms with Gasteiger partial charge in [-0.1, -0.05) is 12.1 Å². The van der Waals surface area contributed by atoms with E-state index in [0.29, 0.717) is 5.69 Å². The Hall–Kier alpha value is -3.96. The van der Waals surface area contributed by atoms with Crippen LogP contribution in [-0.4, -0.2) is 37.6 Å². The van der Waals surface area contributed by atoms with Crippen LogP contribution in [0, 0.1) is 0 Å². The molecule has 0 saturated heterocycles. The standard InChI is InChI=1S/C20H17F3N6O3/c21-20(22,23)16-4-2-1-3-15(16)18(31)25-13-7-9-14(10-8-13)29-19(32)28(26-27-29)11-17(30)24-12-5-6-12/h1-4,7-10,12H,5-6,11H2,(H,24,30)(H,25,31). The number of rotatable bonds is 6. The molecule has 2 N–H and O–H groups in total. The highest BCUT2D eigenvalue weighted by molar-refractivity contribution is 6.05. The van der Waals surface area contributed by atoms with Gasteiger partial charge in [0.15, 0.2) is 0 Å². The van der Waals surface area contributed by atoms with Crippen molar-refractivity contribution < 1.29 is 22.8 Å². The van der Waals surface area contributed by atoms with E-state index in [1.54, 1.807) is 0 Å². The lowest BCUT2D eigenvalue weighted by Crippen LogP contribution is -2.34. The Bertz CT molecular complexity index is 1210. The summed E-state index contributed by atoms with van der Waals surface area (Å²) in [6.45, 7) is -0.262. The first-order valence-corrected chi connectivity index (χ1v) is 9.62. The van der Waals surface area contributed by atoms with Crippen LogP contribution in [0.4, 0.5) is 18.9 Å². The smallest absolute Gasteiger partial charge is 0.352 e. The van der Waals surface area contributed by atoms with Crippen molar-refractivity contribution in [3.8, 4) is 5.69 Å². The van der Waals surface area contributed by atoms with Gasteiger partial charge in [0.25, 0.3) is 5.91 Å². The van der Waals surface area contributed by atoms with Crippen LogP contribution in [0.1, 0.15) is 28.8 Å². The molecule has 0 spiro atoms. The Morgan fingerprint density at radius 1 is 1.03 bits per heavy atom. The van der Waals surface area contributed by atoms with Crippen LogP contribution in [0.15, 0.2) is 53.3 Å². The van der Waals surface area contributed by atoms with Crippen LogP contribution in [0.2, 0.25) is 0 Å². The number of hydrogen-bond acceptors (Lipinski definition) is 5. The summed E-state index contributed by atoms with van der Waals surface area (Å²) in [5, 5.41) is 12.6. The zero-order valence-electron chi connectivity index (χ0n) is 16.5. The minimum atomic E-state index is -4.67. The lowest BCUT2D eigenvalue weighted by Gasteiger charge is -2.12. The number of amides is 2. The predicted octanol–water partition coefficient (Wildman–Crippen LogP) is 1.98. The quantitative estimate of drug-likeness (QED) is 0.602. The second-order valence-electron chi connectivity index (χ2n) is 7.22. The van der Waals surface area contributed by atoms with Crippen molar-refractivity contribution >= 4 is 17.5 Å². The SMILES string of the molecule is O=C(Cn1nnn(-c2ccc(NC(=O)c3ccccc3C(F)(F)F)cc2)c1=O)NC1CC1. The molecule has 1 aromatic heterocycles. The number of aromatic nitrogens is 4. The summed E-state index contributed by atoms with van der Waals surface area (Å²) >= 11 is 0. The maximum atomic E-state index is 13.1. The van der Waals surface area contributed by atoms with Crippen molar-refractivity contribution in [3.05, 3.63) is 70.1 Å². The molecule has 0 bridgehead atoms. The van der Waals surface area contributed by atoms with Gasteiger partial charge in [-0.2, -0.15) is 22.5 Å². The van der Waals surface area contributed by atoms with Crippen molar-refractivity contribution in [1.29, 1.82) is 0 Å². The highest BCUT2D eigenvalue weighted by Crippen LogP contribution is 2.32. The molecule has 2 aromatic carbocycles. The van der Waals surface area contributed by atoms with Gasteiger partial charge in [-0.25, -0.2) is 4.79 Å². The topological polar surface area (TPSA) is 111 Å². The van der Waals surface area contributed by atoms with Crippen LogP contribution >= 0.6 is 0 Å². The number of nitrogens with one attached hydrogen (secondary N) is 2. The first kappa shape index (κ1) is 21.3. The van der Waals surface area contributed by atoms with E-state index in [1.165, 1.54) is 36.4 Å². The minimum Gasteiger partial charge on any atom is -0.352 e. The van der Waals surface area contributed by atoms with E-state index < -0.39 is 28.9 Å². The van der Waals surface area contributed by atoms with Gasteiger partial charge in [0.2, 0.25) is 5.91 Å². The number of tetrazole rings is 1. The molecule has 3 aromatic rings. The molecule has 0 radical (unpaired) electrons. The molecule has 1 saturated carbocycles. The molecular weight excluding hydrogens is 429 g/mol. The zero-order chi connectivity index (χ0) is 22.9. The fraction of sp³-hybridized carbons (Fsp3) is 0.250. The highest BCUT2D eigenvalue weighted by atomic mass is 19.4. The molecule has 0 atom stereocenters. The van der Waals surface area contributed by atoms with Crippen molar-refractivity contribution in [3.63, 3.8) is 0 Å². The van der Waals surface area contributed by atoms with Crippen LogP contribution in [0.25, 0.3) is 5.69 Å². The third-order valence-corrected chi connectivity index (χ3v) is 4.72. The molecule has 166 valence electrons. The second kappa shape index (κ2) is 8.29. The molecule has 32 heavy (non-hydrogen) atoms. The van der Waals surface area contributed by atoms with Crippen LogP contribution in [0.5, 0.6) is 0 Å². The van der Waals surface area contributed by atoms with E-state index in [4.69, 9.17) is 0 Å². The van der Waals surface area contributed by atoms with Gasteiger partial charge in [-0.3, -0.25) is 9.59 Å². The van der Waals surface area contributed by atoms with E-state index in [0.717, 1.165) is 34.3 Å². The molecule has 0 unspecified atom stereocenters. The lowest BCUT2D eigenvalue weighted by molar-refractivity contribution is -0.137. The minimum absolute atomic E-state index is 0.152. The summed E-state index contributed by atoms with van der Waals surface area (Å²) in [5.74, 6) is -1.26. The molecule has 1 aliphatic rings. The van der Waals surface area contributed by atoms with Crippen LogP contribution in [0.3, 0.4) is 0 Å². The van der Waals surface area contributed by atoms with Gasteiger partial charge < -0.3 is 10.6 Å². The van der Waals surface area contributed by atoms with Gasteiger partial charge in [0.05, 0.1) is 16.8 Å². The molecule has 1 heterocycles. The monoisotopic (exact) mass is 446 g/mol. The largest absolute Gasteiger partial charge is 0.417 e. The first-order valence-electron chi connectivity index (χ1n) is 9.62. The van der Waals surface area contributed by atoms with Gasteiger partial charge >= 0.3 is 11.9 Å². The fourth-order valence-corrected chi connectivity index (χ4v) is 2.99. The fourth-order valence-electron chi connectivity index (χ4n) is 2.99. The van der Waals surface area contributed by atoms with Gasteiger partial charge in [0, 0.05) is 11.7 Å². The average molecular weight is 446 g/mol. The van der Waals surface area contributed by atoms with Crippen LogP contribution < -0.4 is 16.3 Å². The van der Waals surface area contributed by atoms with Crippen molar-refractivity contribution in [1.82, 2.24) is 25.1 Å². The molecular formula is C20H17F3N6O3. The van der Waals surface area contributed by atoms with E-state index in [9.17, 15) is 27.6 Å². The summed E-state index contributed by atoms with van der Waals surface area (Å²) < 4.78 is 41.2. The first-order chi connectivity index (χ1) is 15.2. The van der Waals surface area contributed by atoms with E-state index >= 15 is 0 Å². The maximum Gasteiger partial charge on any atom is 0.417 e. The molecule has 0 aliphatic heterocycles. The Balaban J connectivity index is 1.47. The van der Waals surface area contributed by atoms with Crippen molar-refractivity contribution in [2.45, 2.75) is 31.6 Å². The summed E-state index contributed by atoms with van der Waals surface area (Å²) in [4.78, 5) is 36.6. The Labute approximate surface area is 178 Å². The van der Waals surface area contributed by atoms with E-state index in [-0.39, 0.29) is 24.2 Å². The molecule has 1 aliphatic carbocycles. The molecule has 2 amide bonds. The third-order valence-electron chi connectivity index (χ3n) is 4.72. The van der Waals surface area contributed by atoms with Crippen molar-refractivity contribution in [2.75, 3.05) is 5.32 Å². The number of hydrogen-bond donors (Lipinski definition) is 2. The highest BCUT2D eigenvalue weighted by Gasteiger charge is 2.34. The van der Waals surface area contributed by atoms with Gasteiger partial charge in [-0.05, 0) is 59.7 Å². The number of alkyl halides is 3. The van der Waals surface area contributed by atoms with E-state index in [2.05, 4.69) is 21.1 Å². The maximum absolute atomic E-state index is 13.1. The number of carbonyl (C=O) groups is 2. The Morgan fingerprint density at radius 2 is 1.72 bits per heavy atom. The van der Waals surface area contributed by atoms with Crippen LogP contribution in [-0.2, 0) is 17.5 Å². The summed E-state index contributed by atoms with van der Waals surface area (Å²) in [6.07, 6.45) is -2.84.